The second kappa shape index (κ2) is 5.46. The number of likely N-dealkylation sites (tertiary alicyclic amines) is 1. The molecule has 1 fully saturated rings. The van der Waals surface area contributed by atoms with Crippen molar-refractivity contribution >= 4 is 0 Å². The van der Waals surface area contributed by atoms with Crippen LogP contribution < -0.4 is 5.32 Å². The molecule has 1 N–H and O–H groups in total. The number of aromatic nitrogens is 2. The molecule has 1 unspecified atom stereocenters. The minimum atomic E-state index is 0.494. The van der Waals surface area contributed by atoms with Crippen molar-refractivity contribution in [3.05, 3.63) is 18.5 Å². The van der Waals surface area contributed by atoms with Gasteiger partial charge in [0.2, 0.25) is 0 Å². The van der Waals surface area contributed by atoms with E-state index in [2.05, 4.69) is 29.3 Å². The third-order valence-electron chi connectivity index (χ3n) is 3.26. The Hall–Kier alpha value is -0.870. The monoisotopic (exact) mass is 222 g/mol. The molecule has 0 saturated carbocycles. The highest BCUT2D eigenvalue weighted by molar-refractivity contribution is 4.81. The first-order valence-corrected chi connectivity index (χ1v) is 6.16. The second-order valence-corrected chi connectivity index (χ2v) is 4.87. The van der Waals surface area contributed by atoms with Gasteiger partial charge >= 0.3 is 0 Å². The molecule has 16 heavy (non-hydrogen) atoms. The van der Waals surface area contributed by atoms with Gasteiger partial charge in [-0.25, -0.2) is 0 Å². The van der Waals surface area contributed by atoms with Crippen molar-refractivity contribution in [2.45, 2.75) is 38.4 Å². The Morgan fingerprint density at radius 3 is 2.81 bits per heavy atom. The van der Waals surface area contributed by atoms with Gasteiger partial charge in [0.25, 0.3) is 0 Å². The van der Waals surface area contributed by atoms with Crippen LogP contribution in [0.2, 0.25) is 0 Å². The summed E-state index contributed by atoms with van der Waals surface area (Å²) < 4.78 is 1.99. The van der Waals surface area contributed by atoms with Crippen LogP contribution >= 0.6 is 0 Å². The topological polar surface area (TPSA) is 33.1 Å². The summed E-state index contributed by atoms with van der Waals surface area (Å²) in [5.41, 5.74) is 0. The standard InChI is InChI=1S/C12H22N4/c1-11(10-16-7-3-6-13-16)14-12-4-8-15(2)9-5-12/h3,6-7,11-12,14H,4-5,8-10H2,1-2H3. The van der Waals surface area contributed by atoms with Crippen LogP contribution in [0, 0.1) is 0 Å². The fourth-order valence-corrected chi connectivity index (χ4v) is 2.32. The number of hydrogen-bond donors (Lipinski definition) is 1. The van der Waals surface area contributed by atoms with E-state index in [0.717, 1.165) is 6.54 Å². The third-order valence-corrected chi connectivity index (χ3v) is 3.26. The molecule has 0 amide bonds. The smallest absolute Gasteiger partial charge is 0.0560 e. The van der Waals surface area contributed by atoms with E-state index in [0.29, 0.717) is 12.1 Å². The molecule has 1 aliphatic rings. The molecule has 2 heterocycles. The largest absolute Gasteiger partial charge is 0.310 e. The first kappa shape index (κ1) is 11.6. The molecular weight excluding hydrogens is 200 g/mol. The Bertz CT molecular complexity index is 288. The molecule has 0 radical (unpaired) electrons. The average Bonchev–Trinajstić information content (AvgIpc) is 2.74. The van der Waals surface area contributed by atoms with Crippen LogP contribution in [0.15, 0.2) is 18.5 Å². The van der Waals surface area contributed by atoms with E-state index >= 15 is 0 Å². The van der Waals surface area contributed by atoms with Gasteiger partial charge in [-0.3, -0.25) is 4.68 Å². The molecule has 1 atom stereocenters. The van der Waals surface area contributed by atoms with Crippen LogP contribution in [0.4, 0.5) is 0 Å². The lowest BCUT2D eigenvalue weighted by Crippen LogP contribution is -2.45. The van der Waals surface area contributed by atoms with Crippen molar-refractivity contribution in [3.8, 4) is 0 Å². The highest BCUT2D eigenvalue weighted by Gasteiger charge is 2.18. The number of hydrogen-bond acceptors (Lipinski definition) is 3. The van der Waals surface area contributed by atoms with Crippen LogP contribution in [0.3, 0.4) is 0 Å². The maximum Gasteiger partial charge on any atom is 0.0560 e. The second-order valence-electron chi connectivity index (χ2n) is 4.87. The first-order chi connectivity index (χ1) is 7.74. The molecule has 90 valence electrons. The zero-order valence-corrected chi connectivity index (χ0v) is 10.3. The lowest BCUT2D eigenvalue weighted by molar-refractivity contribution is 0.222. The van der Waals surface area contributed by atoms with E-state index in [1.165, 1.54) is 25.9 Å². The Morgan fingerprint density at radius 2 is 2.19 bits per heavy atom. The number of nitrogens with one attached hydrogen (secondary N) is 1. The SMILES string of the molecule is CC(Cn1cccn1)NC1CCN(C)CC1. The summed E-state index contributed by atoms with van der Waals surface area (Å²) >= 11 is 0. The maximum atomic E-state index is 4.23. The van der Waals surface area contributed by atoms with Gasteiger partial charge in [0.15, 0.2) is 0 Å². The molecule has 2 rings (SSSR count). The van der Waals surface area contributed by atoms with Gasteiger partial charge in [-0.2, -0.15) is 5.10 Å². The van der Waals surface area contributed by atoms with Crippen molar-refractivity contribution in [1.82, 2.24) is 20.0 Å². The summed E-state index contributed by atoms with van der Waals surface area (Å²) in [6.45, 7) is 5.62. The molecule has 1 aromatic rings. The van der Waals surface area contributed by atoms with E-state index < -0.39 is 0 Å². The van der Waals surface area contributed by atoms with Gasteiger partial charge in [0.05, 0.1) is 6.54 Å². The Labute approximate surface area is 97.6 Å². The lowest BCUT2D eigenvalue weighted by Gasteiger charge is -2.31. The molecule has 0 spiro atoms. The van der Waals surface area contributed by atoms with Gasteiger partial charge in [-0.05, 0) is 46.0 Å². The van der Waals surface area contributed by atoms with Gasteiger partial charge in [0.1, 0.15) is 0 Å². The lowest BCUT2D eigenvalue weighted by atomic mass is 10.0. The summed E-state index contributed by atoms with van der Waals surface area (Å²) in [6.07, 6.45) is 6.38. The predicted molar refractivity (Wildman–Crippen MR) is 65.3 cm³/mol. The van der Waals surface area contributed by atoms with Crippen LogP contribution in [0.5, 0.6) is 0 Å². The minimum absolute atomic E-state index is 0.494. The van der Waals surface area contributed by atoms with E-state index in [9.17, 15) is 0 Å². The van der Waals surface area contributed by atoms with Crippen LogP contribution in [-0.2, 0) is 6.54 Å². The highest BCUT2D eigenvalue weighted by Crippen LogP contribution is 2.09. The average molecular weight is 222 g/mol. The summed E-state index contributed by atoms with van der Waals surface area (Å²) in [4.78, 5) is 2.40. The van der Waals surface area contributed by atoms with Crippen molar-refractivity contribution in [3.63, 3.8) is 0 Å². The zero-order valence-electron chi connectivity index (χ0n) is 10.3. The maximum absolute atomic E-state index is 4.23. The number of piperidine rings is 1. The van der Waals surface area contributed by atoms with Crippen molar-refractivity contribution in [2.24, 2.45) is 0 Å². The summed E-state index contributed by atoms with van der Waals surface area (Å²) in [5.74, 6) is 0. The van der Waals surface area contributed by atoms with Crippen LogP contribution in [-0.4, -0.2) is 46.9 Å². The quantitative estimate of drug-likeness (QED) is 0.823. The van der Waals surface area contributed by atoms with Gasteiger partial charge in [-0.15, -0.1) is 0 Å². The summed E-state index contributed by atoms with van der Waals surface area (Å²) in [6, 6.07) is 3.15. The minimum Gasteiger partial charge on any atom is -0.310 e. The Balaban J connectivity index is 1.72. The molecule has 0 aromatic carbocycles. The molecule has 0 aliphatic carbocycles. The third kappa shape index (κ3) is 3.32. The Morgan fingerprint density at radius 1 is 1.44 bits per heavy atom. The van der Waals surface area contributed by atoms with Crippen LogP contribution in [0.1, 0.15) is 19.8 Å². The molecule has 0 bridgehead atoms. The predicted octanol–water partition coefficient (Wildman–Crippen LogP) is 0.955. The summed E-state index contributed by atoms with van der Waals surface area (Å²) in [5, 5.41) is 7.92. The van der Waals surface area contributed by atoms with Gasteiger partial charge in [0, 0.05) is 24.5 Å². The van der Waals surface area contributed by atoms with E-state index in [1.807, 2.05) is 23.1 Å². The first-order valence-electron chi connectivity index (χ1n) is 6.16. The highest BCUT2D eigenvalue weighted by atomic mass is 15.3. The molecule has 4 heteroatoms. The van der Waals surface area contributed by atoms with Gasteiger partial charge < -0.3 is 10.2 Å². The fourth-order valence-electron chi connectivity index (χ4n) is 2.32. The summed E-state index contributed by atoms with van der Waals surface area (Å²) in [7, 11) is 2.20. The van der Waals surface area contributed by atoms with Crippen molar-refractivity contribution < 1.29 is 0 Å². The fraction of sp³-hybridized carbons (Fsp3) is 0.750. The molecule has 1 aliphatic heterocycles. The van der Waals surface area contributed by atoms with Crippen LogP contribution in [0.25, 0.3) is 0 Å². The molecule has 1 saturated heterocycles. The molecule has 1 aromatic heterocycles. The Kier molecular flexibility index (Phi) is 3.96. The van der Waals surface area contributed by atoms with Crippen molar-refractivity contribution in [2.75, 3.05) is 20.1 Å². The van der Waals surface area contributed by atoms with E-state index in [-0.39, 0.29) is 0 Å². The number of nitrogens with zero attached hydrogens (tertiary/aromatic N) is 3. The zero-order chi connectivity index (χ0) is 11.4. The normalized spacial score (nSPS) is 21.1. The number of rotatable bonds is 4. The van der Waals surface area contributed by atoms with Crippen molar-refractivity contribution in [1.29, 1.82) is 0 Å². The van der Waals surface area contributed by atoms with Gasteiger partial charge in [-0.1, -0.05) is 0 Å². The van der Waals surface area contributed by atoms with E-state index in [1.54, 1.807) is 0 Å². The van der Waals surface area contributed by atoms with E-state index in [4.69, 9.17) is 0 Å². The molecule has 4 nitrogen and oxygen atoms in total. The molecular formula is C12H22N4.